The number of Topliss-reactive ketones (excluding diaryl/α,β-unsaturated/α-hetero) is 1. The topological polar surface area (TPSA) is 41.8 Å². The third-order valence-corrected chi connectivity index (χ3v) is 6.67. The number of hydrogen-bond donors (Lipinski definition) is 1. The summed E-state index contributed by atoms with van der Waals surface area (Å²) in [4.78, 5) is 29.3. The van der Waals surface area contributed by atoms with E-state index in [0.717, 1.165) is 29.5 Å². The average Bonchev–Trinajstić information content (AvgIpc) is 3.15. The van der Waals surface area contributed by atoms with Gasteiger partial charge in [-0.3, -0.25) is 14.5 Å². The number of amides is 1. The number of para-hydroxylation sites is 1. The van der Waals surface area contributed by atoms with Crippen molar-refractivity contribution in [1.29, 1.82) is 0 Å². The summed E-state index contributed by atoms with van der Waals surface area (Å²) in [5.74, 6) is -0.803. The number of nitrogens with zero attached hydrogens (tertiary/aromatic N) is 1. The molecular weight excluding hydrogens is 388 g/mol. The van der Waals surface area contributed by atoms with Crippen LogP contribution in [0.4, 0.5) is 5.69 Å². The SMILES string of the molecule is CC[C@@H]1c2ccsc2CC[NH+]1CN1C(=O)C(=O)c2cccc(Br)c21. The Morgan fingerprint density at radius 3 is 2.96 bits per heavy atom. The molecule has 2 aromatic rings. The summed E-state index contributed by atoms with van der Waals surface area (Å²) in [5.41, 5.74) is 2.65. The molecular formula is C18H18BrN2O2S+. The van der Waals surface area contributed by atoms with Gasteiger partial charge in [0.15, 0.2) is 6.67 Å². The first kappa shape index (κ1) is 16.0. The van der Waals surface area contributed by atoms with Crippen LogP contribution in [0.3, 0.4) is 0 Å². The van der Waals surface area contributed by atoms with Gasteiger partial charge in [0, 0.05) is 27.8 Å². The van der Waals surface area contributed by atoms with E-state index in [4.69, 9.17) is 0 Å². The summed E-state index contributed by atoms with van der Waals surface area (Å²) in [6.45, 7) is 3.72. The quantitative estimate of drug-likeness (QED) is 0.797. The predicted molar refractivity (Wildman–Crippen MR) is 97.7 cm³/mol. The van der Waals surface area contributed by atoms with E-state index >= 15 is 0 Å². The fraction of sp³-hybridized carbons (Fsp3) is 0.333. The van der Waals surface area contributed by atoms with Crippen LogP contribution >= 0.6 is 27.3 Å². The highest BCUT2D eigenvalue weighted by Crippen LogP contribution is 2.35. The molecule has 124 valence electrons. The molecule has 2 aliphatic rings. The second-order valence-corrected chi connectivity index (χ2v) is 8.13. The highest BCUT2D eigenvalue weighted by Gasteiger charge is 2.41. The fourth-order valence-electron chi connectivity index (χ4n) is 3.90. The second-order valence-electron chi connectivity index (χ2n) is 6.27. The van der Waals surface area contributed by atoms with Crippen molar-refractivity contribution in [3.8, 4) is 0 Å². The third-order valence-electron chi connectivity index (χ3n) is 5.03. The number of ketones is 1. The minimum absolute atomic E-state index is 0.384. The zero-order valence-corrected chi connectivity index (χ0v) is 15.7. The van der Waals surface area contributed by atoms with Gasteiger partial charge < -0.3 is 4.90 Å². The second kappa shape index (κ2) is 6.10. The molecule has 4 rings (SSSR count). The Hall–Kier alpha value is -1.50. The van der Waals surface area contributed by atoms with E-state index in [2.05, 4.69) is 34.3 Å². The van der Waals surface area contributed by atoms with Crippen molar-refractivity contribution in [3.05, 3.63) is 50.1 Å². The molecule has 0 fully saturated rings. The van der Waals surface area contributed by atoms with E-state index in [-0.39, 0.29) is 0 Å². The van der Waals surface area contributed by atoms with E-state index in [1.54, 1.807) is 17.0 Å². The summed E-state index contributed by atoms with van der Waals surface area (Å²) >= 11 is 5.33. The lowest BCUT2D eigenvalue weighted by Gasteiger charge is -2.34. The Morgan fingerprint density at radius 1 is 1.33 bits per heavy atom. The zero-order chi connectivity index (χ0) is 16.8. The number of fused-ring (bicyclic) bond motifs is 2. The van der Waals surface area contributed by atoms with Crippen molar-refractivity contribution in [3.63, 3.8) is 0 Å². The summed E-state index contributed by atoms with van der Waals surface area (Å²) in [6.07, 6.45) is 2.06. The maximum atomic E-state index is 12.5. The number of nitrogens with one attached hydrogen (secondary N) is 1. The Kier molecular flexibility index (Phi) is 4.06. The summed E-state index contributed by atoms with van der Waals surface area (Å²) < 4.78 is 0.805. The first-order chi connectivity index (χ1) is 11.6. The van der Waals surface area contributed by atoms with Crippen LogP contribution in [0.25, 0.3) is 0 Å². The molecule has 0 spiro atoms. The highest BCUT2D eigenvalue weighted by atomic mass is 79.9. The normalized spacial score (nSPS) is 22.7. The number of quaternary nitrogens is 1. The summed E-state index contributed by atoms with van der Waals surface area (Å²) in [7, 11) is 0. The number of halogens is 1. The average molecular weight is 406 g/mol. The van der Waals surface area contributed by atoms with Crippen LogP contribution in [0.15, 0.2) is 34.1 Å². The lowest BCUT2D eigenvalue weighted by molar-refractivity contribution is -0.932. The number of carbonyl (C=O) groups is 2. The molecule has 1 aromatic carbocycles. The fourth-order valence-corrected chi connectivity index (χ4v) is 5.42. The largest absolute Gasteiger partial charge is 0.311 e. The van der Waals surface area contributed by atoms with Crippen LogP contribution in [0, 0.1) is 0 Å². The van der Waals surface area contributed by atoms with Gasteiger partial charge in [0.05, 0.1) is 17.8 Å². The molecule has 0 radical (unpaired) electrons. The highest BCUT2D eigenvalue weighted by molar-refractivity contribution is 9.10. The Labute approximate surface area is 153 Å². The number of rotatable bonds is 3. The molecule has 1 aromatic heterocycles. The van der Waals surface area contributed by atoms with E-state index in [9.17, 15) is 9.59 Å². The number of thiophene rings is 1. The van der Waals surface area contributed by atoms with Crippen LogP contribution in [0.5, 0.6) is 0 Å². The van der Waals surface area contributed by atoms with Crippen LogP contribution < -0.4 is 9.80 Å². The van der Waals surface area contributed by atoms with E-state index in [1.807, 2.05) is 17.4 Å². The van der Waals surface area contributed by atoms with Crippen molar-refractivity contribution in [1.82, 2.24) is 0 Å². The monoisotopic (exact) mass is 405 g/mol. The molecule has 4 nitrogen and oxygen atoms in total. The molecule has 1 unspecified atom stereocenters. The molecule has 3 heterocycles. The standard InChI is InChI=1S/C18H17BrN2O2S/c1-2-14-11-7-9-24-15(11)6-8-20(14)10-21-16-12(17(22)18(21)23)4-3-5-13(16)19/h3-5,7,9,14H,2,6,8,10H2,1H3/p+1/t14-/m1/s1. The Morgan fingerprint density at radius 2 is 2.17 bits per heavy atom. The lowest BCUT2D eigenvalue weighted by Crippen LogP contribution is -3.15. The van der Waals surface area contributed by atoms with Gasteiger partial charge in [-0.15, -0.1) is 11.3 Å². The van der Waals surface area contributed by atoms with Gasteiger partial charge in [-0.1, -0.05) is 13.0 Å². The number of anilines is 1. The summed E-state index contributed by atoms with van der Waals surface area (Å²) in [6, 6.07) is 8.03. The molecule has 1 N–H and O–H groups in total. The van der Waals surface area contributed by atoms with Gasteiger partial charge in [0.2, 0.25) is 0 Å². The number of benzene rings is 1. The zero-order valence-electron chi connectivity index (χ0n) is 13.3. The van der Waals surface area contributed by atoms with Crippen molar-refractivity contribution >= 4 is 44.6 Å². The third kappa shape index (κ3) is 2.36. The smallest absolute Gasteiger partial charge is 0.303 e. The molecule has 24 heavy (non-hydrogen) atoms. The first-order valence-electron chi connectivity index (χ1n) is 8.17. The number of hydrogen-bond acceptors (Lipinski definition) is 3. The first-order valence-corrected chi connectivity index (χ1v) is 9.84. The lowest BCUT2D eigenvalue weighted by atomic mass is 9.98. The van der Waals surface area contributed by atoms with Crippen LogP contribution in [-0.4, -0.2) is 24.9 Å². The minimum Gasteiger partial charge on any atom is -0.311 e. The van der Waals surface area contributed by atoms with Crippen molar-refractivity contribution in [2.75, 3.05) is 18.1 Å². The van der Waals surface area contributed by atoms with Gasteiger partial charge in [0.25, 0.3) is 5.78 Å². The van der Waals surface area contributed by atoms with Gasteiger partial charge >= 0.3 is 5.91 Å². The maximum Gasteiger partial charge on any atom is 0.303 e. The van der Waals surface area contributed by atoms with Gasteiger partial charge in [-0.05, 0) is 39.5 Å². The van der Waals surface area contributed by atoms with Crippen molar-refractivity contribution in [2.45, 2.75) is 25.8 Å². The van der Waals surface area contributed by atoms with E-state index < -0.39 is 11.7 Å². The van der Waals surface area contributed by atoms with Gasteiger partial charge in [0.1, 0.15) is 6.04 Å². The Bertz CT molecular complexity index is 832. The van der Waals surface area contributed by atoms with Gasteiger partial charge in [-0.25, -0.2) is 0 Å². The number of carbonyl (C=O) groups excluding carboxylic acids is 2. The van der Waals surface area contributed by atoms with E-state index in [0.29, 0.717) is 18.3 Å². The predicted octanol–water partition coefficient (Wildman–Crippen LogP) is 2.59. The molecule has 1 amide bonds. The van der Waals surface area contributed by atoms with Crippen LogP contribution in [0.1, 0.15) is 40.2 Å². The Balaban J connectivity index is 1.67. The van der Waals surface area contributed by atoms with Crippen LogP contribution in [-0.2, 0) is 11.2 Å². The van der Waals surface area contributed by atoms with E-state index in [1.165, 1.54) is 15.3 Å². The maximum absolute atomic E-state index is 12.5. The van der Waals surface area contributed by atoms with Crippen molar-refractivity contribution < 1.29 is 14.5 Å². The molecule has 0 bridgehead atoms. The molecule has 2 aliphatic heterocycles. The summed E-state index contributed by atoms with van der Waals surface area (Å²) in [5, 5.41) is 2.16. The minimum atomic E-state index is -0.407. The molecule has 2 atom stereocenters. The molecule has 0 saturated heterocycles. The molecule has 6 heteroatoms. The molecule has 0 aliphatic carbocycles. The molecule has 0 saturated carbocycles. The van der Waals surface area contributed by atoms with Crippen molar-refractivity contribution in [2.24, 2.45) is 0 Å². The van der Waals surface area contributed by atoms with Gasteiger partial charge in [-0.2, -0.15) is 0 Å². The van der Waals surface area contributed by atoms with Crippen LogP contribution in [0.2, 0.25) is 0 Å².